The van der Waals surface area contributed by atoms with Crippen LogP contribution < -0.4 is 5.73 Å². The number of nitrogen functional groups attached to an aromatic ring is 1. The van der Waals surface area contributed by atoms with Crippen LogP contribution in [-0.4, -0.2) is 9.78 Å². The molecule has 3 nitrogen and oxygen atoms in total. The van der Waals surface area contributed by atoms with E-state index in [1.807, 2.05) is 0 Å². The number of rotatable bonds is 4. The standard InChI is InChI=1S/C15H18F3N3/c1-10(2)7-8-21-9-13(19)14(20-21)11-5-3-4-6-12(11)15(16,17)18/h3-6,9-10H,7-8,19H2,1-2H3. The first-order valence-electron chi connectivity index (χ1n) is 6.78. The van der Waals surface area contributed by atoms with E-state index >= 15 is 0 Å². The fourth-order valence-electron chi connectivity index (χ4n) is 2.09. The van der Waals surface area contributed by atoms with Crippen LogP contribution in [0, 0.1) is 5.92 Å². The molecule has 0 fully saturated rings. The van der Waals surface area contributed by atoms with E-state index < -0.39 is 11.7 Å². The van der Waals surface area contributed by atoms with Crippen molar-refractivity contribution in [3.63, 3.8) is 0 Å². The van der Waals surface area contributed by atoms with Gasteiger partial charge in [0.05, 0.1) is 11.3 Å². The first kappa shape index (κ1) is 15.4. The molecule has 0 aliphatic carbocycles. The van der Waals surface area contributed by atoms with E-state index in [0.717, 1.165) is 12.5 Å². The summed E-state index contributed by atoms with van der Waals surface area (Å²) in [5, 5.41) is 4.22. The first-order chi connectivity index (χ1) is 9.79. The Morgan fingerprint density at radius 3 is 2.52 bits per heavy atom. The second-order valence-corrected chi connectivity index (χ2v) is 5.42. The van der Waals surface area contributed by atoms with Gasteiger partial charge < -0.3 is 5.73 Å². The normalized spacial score (nSPS) is 12.1. The lowest BCUT2D eigenvalue weighted by molar-refractivity contribution is -0.137. The average Bonchev–Trinajstić information content (AvgIpc) is 2.76. The van der Waals surface area contributed by atoms with Gasteiger partial charge in [0.15, 0.2) is 0 Å². The van der Waals surface area contributed by atoms with Crippen molar-refractivity contribution >= 4 is 5.69 Å². The van der Waals surface area contributed by atoms with Crippen LogP contribution in [0.1, 0.15) is 25.8 Å². The number of hydrogen-bond donors (Lipinski definition) is 1. The van der Waals surface area contributed by atoms with Gasteiger partial charge in [-0.3, -0.25) is 4.68 Å². The van der Waals surface area contributed by atoms with E-state index in [4.69, 9.17) is 5.73 Å². The molecule has 114 valence electrons. The maximum absolute atomic E-state index is 13.1. The van der Waals surface area contributed by atoms with Crippen LogP contribution in [0.3, 0.4) is 0 Å². The minimum Gasteiger partial charge on any atom is -0.396 e. The number of anilines is 1. The van der Waals surface area contributed by atoms with Gasteiger partial charge in [-0.05, 0) is 18.4 Å². The van der Waals surface area contributed by atoms with Crippen molar-refractivity contribution < 1.29 is 13.2 Å². The molecule has 0 spiro atoms. The van der Waals surface area contributed by atoms with Crippen molar-refractivity contribution in [2.45, 2.75) is 33.0 Å². The Hall–Kier alpha value is -1.98. The monoisotopic (exact) mass is 297 g/mol. The van der Waals surface area contributed by atoms with Crippen LogP contribution in [0.25, 0.3) is 11.3 Å². The molecule has 1 heterocycles. The van der Waals surface area contributed by atoms with Crippen LogP contribution in [-0.2, 0) is 12.7 Å². The summed E-state index contributed by atoms with van der Waals surface area (Å²) in [5.74, 6) is 0.487. The van der Waals surface area contributed by atoms with Crippen molar-refractivity contribution in [2.75, 3.05) is 5.73 Å². The van der Waals surface area contributed by atoms with Crippen molar-refractivity contribution in [3.8, 4) is 11.3 Å². The van der Waals surface area contributed by atoms with Crippen LogP contribution in [0.2, 0.25) is 0 Å². The molecule has 0 atom stereocenters. The predicted molar refractivity (Wildman–Crippen MR) is 76.5 cm³/mol. The van der Waals surface area contributed by atoms with E-state index in [1.165, 1.54) is 12.1 Å². The zero-order chi connectivity index (χ0) is 15.6. The van der Waals surface area contributed by atoms with E-state index in [1.54, 1.807) is 16.9 Å². The molecule has 0 unspecified atom stereocenters. The number of nitrogens with two attached hydrogens (primary N) is 1. The molecule has 0 aliphatic rings. The predicted octanol–water partition coefficient (Wildman–Crippen LogP) is 4.20. The zero-order valence-electron chi connectivity index (χ0n) is 12.0. The third-order valence-corrected chi connectivity index (χ3v) is 3.21. The summed E-state index contributed by atoms with van der Waals surface area (Å²) in [5.41, 5.74) is 5.59. The van der Waals surface area contributed by atoms with E-state index in [9.17, 15) is 13.2 Å². The van der Waals surface area contributed by atoms with Crippen LogP contribution >= 0.6 is 0 Å². The Morgan fingerprint density at radius 1 is 1.24 bits per heavy atom. The molecule has 0 saturated carbocycles. The molecular formula is C15H18F3N3. The number of hydrogen-bond acceptors (Lipinski definition) is 2. The maximum Gasteiger partial charge on any atom is 0.417 e. The molecule has 2 rings (SSSR count). The zero-order valence-corrected chi connectivity index (χ0v) is 12.0. The SMILES string of the molecule is CC(C)CCn1cc(N)c(-c2ccccc2C(F)(F)F)n1. The second-order valence-electron chi connectivity index (χ2n) is 5.42. The lowest BCUT2D eigenvalue weighted by atomic mass is 10.0. The number of halogens is 3. The quantitative estimate of drug-likeness (QED) is 0.919. The number of aromatic nitrogens is 2. The fraction of sp³-hybridized carbons (Fsp3) is 0.400. The highest BCUT2D eigenvalue weighted by Crippen LogP contribution is 2.38. The lowest BCUT2D eigenvalue weighted by Crippen LogP contribution is -2.08. The Morgan fingerprint density at radius 2 is 1.90 bits per heavy atom. The summed E-state index contributed by atoms with van der Waals surface area (Å²) in [6.07, 6.45) is -1.95. The Kier molecular flexibility index (Phi) is 4.25. The Balaban J connectivity index is 2.39. The molecule has 2 aromatic rings. The van der Waals surface area contributed by atoms with Gasteiger partial charge >= 0.3 is 6.18 Å². The van der Waals surface area contributed by atoms with Gasteiger partial charge in [-0.2, -0.15) is 18.3 Å². The number of nitrogens with zero attached hydrogens (tertiary/aromatic N) is 2. The fourth-order valence-corrected chi connectivity index (χ4v) is 2.09. The second kappa shape index (κ2) is 5.79. The molecule has 1 aromatic carbocycles. The molecule has 21 heavy (non-hydrogen) atoms. The van der Waals surface area contributed by atoms with Gasteiger partial charge in [-0.15, -0.1) is 0 Å². The summed E-state index contributed by atoms with van der Waals surface area (Å²) < 4.78 is 40.8. The lowest BCUT2D eigenvalue weighted by Gasteiger charge is -2.11. The van der Waals surface area contributed by atoms with Gasteiger partial charge in [0.1, 0.15) is 5.69 Å². The molecule has 0 amide bonds. The summed E-state index contributed by atoms with van der Waals surface area (Å²) in [6.45, 7) is 4.79. The van der Waals surface area contributed by atoms with Gasteiger partial charge in [-0.25, -0.2) is 0 Å². The molecule has 0 aliphatic heterocycles. The number of aryl methyl sites for hydroxylation is 1. The molecule has 0 radical (unpaired) electrons. The molecule has 0 bridgehead atoms. The minimum absolute atomic E-state index is 0.0193. The van der Waals surface area contributed by atoms with Crippen molar-refractivity contribution in [1.29, 1.82) is 0 Å². The van der Waals surface area contributed by atoms with Gasteiger partial charge in [0, 0.05) is 18.3 Å². The largest absolute Gasteiger partial charge is 0.417 e. The summed E-state index contributed by atoms with van der Waals surface area (Å²) in [4.78, 5) is 0. The Bertz CT molecular complexity index is 615. The third-order valence-electron chi connectivity index (χ3n) is 3.21. The highest BCUT2D eigenvalue weighted by Gasteiger charge is 2.34. The number of benzene rings is 1. The van der Waals surface area contributed by atoms with Gasteiger partial charge in [0.2, 0.25) is 0 Å². The molecule has 1 aromatic heterocycles. The molecule has 6 heteroatoms. The number of alkyl halides is 3. The molecule has 0 saturated heterocycles. The molecule has 2 N–H and O–H groups in total. The van der Waals surface area contributed by atoms with E-state index in [-0.39, 0.29) is 16.9 Å². The topological polar surface area (TPSA) is 43.8 Å². The summed E-state index contributed by atoms with van der Waals surface area (Å²) in [7, 11) is 0. The smallest absolute Gasteiger partial charge is 0.396 e. The van der Waals surface area contributed by atoms with Crippen molar-refractivity contribution in [3.05, 3.63) is 36.0 Å². The van der Waals surface area contributed by atoms with E-state index in [0.29, 0.717) is 12.5 Å². The maximum atomic E-state index is 13.1. The first-order valence-corrected chi connectivity index (χ1v) is 6.78. The van der Waals surface area contributed by atoms with Crippen LogP contribution in [0.4, 0.5) is 18.9 Å². The van der Waals surface area contributed by atoms with Crippen LogP contribution in [0.5, 0.6) is 0 Å². The third kappa shape index (κ3) is 3.56. The van der Waals surface area contributed by atoms with Crippen LogP contribution in [0.15, 0.2) is 30.5 Å². The van der Waals surface area contributed by atoms with Gasteiger partial charge in [-0.1, -0.05) is 32.0 Å². The summed E-state index contributed by atoms with van der Waals surface area (Å²) >= 11 is 0. The average molecular weight is 297 g/mol. The highest BCUT2D eigenvalue weighted by molar-refractivity contribution is 5.75. The molecular weight excluding hydrogens is 279 g/mol. The Labute approximate surface area is 121 Å². The van der Waals surface area contributed by atoms with Gasteiger partial charge in [0.25, 0.3) is 0 Å². The minimum atomic E-state index is -4.43. The highest BCUT2D eigenvalue weighted by atomic mass is 19.4. The van der Waals surface area contributed by atoms with Crippen molar-refractivity contribution in [1.82, 2.24) is 9.78 Å². The van der Waals surface area contributed by atoms with E-state index in [2.05, 4.69) is 18.9 Å². The summed E-state index contributed by atoms with van der Waals surface area (Å²) in [6, 6.07) is 5.35. The van der Waals surface area contributed by atoms with Crippen molar-refractivity contribution in [2.24, 2.45) is 5.92 Å².